The lowest BCUT2D eigenvalue weighted by Gasteiger charge is -2.17. The molecule has 0 amide bonds. The Hall–Kier alpha value is -3.54. The second-order valence-corrected chi connectivity index (χ2v) is 9.56. The summed E-state index contributed by atoms with van der Waals surface area (Å²) in [5.41, 5.74) is 2.83. The molecule has 0 aliphatic carbocycles. The van der Waals surface area contributed by atoms with Crippen molar-refractivity contribution in [2.24, 2.45) is 5.41 Å². The number of fused-ring (bicyclic) bond motifs is 1. The van der Waals surface area contributed by atoms with E-state index in [1.165, 1.54) is 0 Å². The molecule has 6 heteroatoms. The summed E-state index contributed by atoms with van der Waals surface area (Å²) in [7, 11) is 1.89. The molecule has 0 radical (unpaired) electrons. The van der Waals surface area contributed by atoms with Gasteiger partial charge in [0.25, 0.3) is 0 Å². The molecule has 180 valence electrons. The normalized spacial score (nSPS) is 12.1. The van der Waals surface area contributed by atoms with Gasteiger partial charge in [-0.15, -0.1) is 0 Å². The number of ether oxygens (including phenoxy) is 3. The fourth-order valence-corrected chi connectivity index (χ4v) is 3.32. The van der Waals surface area contributed by atoms with Gasteiger partial charge in [0.1, 0.15) is 12.4 Å². The molecule has 0 saturated carbocycles. The van der Waals surface area contributed by atoms with E-state index >= 15 is 0 Å². The Morgan fingerprint density at radius 3 is 2.26 bits per heavy atom. The summed E-state index contributed by atoms with van der Waals surface area (Å²) in [5.74, 6) is -0.311. The van der Waals surface area contributed by atoms with E-state index in [2.05, 4.69) is 32.2 Å². The second-order valence-electron chi connectivity index (χ2n) is 9.56. The first-order valence-corrected chi connectivity index (χ1v) is 11.5. The number of hydrogen-bond donors (Lipinski definition) is 1. The molecule has 0 heterocycles. The van der Waals surface area contributed by atoms with Crippen LogP contribution in [0.3, 0.4) is 0 Å². The van der Waals surface area contributed by atoms with E-state index < -0.39 is 6.16 Å². The molecule has 34 heavy (non-hydrogen) atoms. The average Bonchev–Trinajstić information content (AvgIpc) is 2.81. The minimum Gasteiger partial charge on any atom is -0.460 e. The highest BCUT2D eigenvalue weighted by atomic mass is 16.7. The molecule has 0 aliphatic heterocycles. The van der Waals surface area contributed by atoms with Gasteiger partial charge in [0.2, 0.25) is 0 Å². The number of esters is 1. The lowest BCUT2D eigenvalue weighted by molar-refractivity contribution is -0.146. The number of hydrogen-bond acceptors (Lipinski definition) is 6. The highest BCUT2D eigenvalue weighted by Crippen LogP contribution is 2.25. The van der Waals surface area contributed by atoms with Crippen molar-refractivity contribution in [2.45, 2.75) is 46.6 Å². The number of benzene rings is 3. The zero-order valence-corrected chi connectivity index (χ0v) is 20.5. The molecule has 0 spiro atoms. The van der Waals surface area contributed by atoms with E-state index in [1.54, 1.807) is 24.3 Å². The maximum atomic E-state index is 12.6. The average molecular weight is 464 g/mol. The Labute approximate surface area is 201 Å². The maximum absolute atomic E-state index is 12.6. The monoisotopic (exact) mass is 463 g/mol. The van der Waals surface area contributed by atoms with Crippen molar-refractivity contribution in [2.75, 3.05) is 19.0 Å². The van der Waals surface area contributed by atoms with E-state index in [0.29, 0.717) is 12.4 Å². The summed E-state index contributed by atoms with van der Waals surface area (Å²) >= 11 is 0. The standard InChI is InChI=1S/C28H33NO5/c1-19(21-8-9-23-17-24(29-5)11-10-22(23)16-21)26(30)33-18-20-6-12-25(13-7-20)34-27(31)32-15-14-28(2,3)4/h6-13,16-17,19,29H,14-15,18H2,1-5H3. The predicted molar refractivity (Wildman–Crippen MR) is 134 cm³/mol. The number of anilines is 1. The van der Waals surface area contributed by atoms with Gasteiger partial charge in [-0.25, -0.2) is 4.79 Å². The Bertz CT molecular complexity index is 1130. The quantitative estimate of drug-likeness (QED) is 0.297. The molecule has 6 nitrogen and oxygen atoms in total. The topological polar surface area (TPSA) is 73.9 Å². The molecule has 1 N–H and O–H groups in total. The van der Waals surface area contributed by atoms with E-state index in [-0.39, 0.29) is 23.9 Å². The number of carbonyl (C=O) groups is 2. The fraction of sp³-hybridized carbons (Fsp3) is 0.357. The molecular formula is C28H33NO5. The zero-order chi connectivity index (χ0) is 24.7. The van der Waals surface area contributed by atoms with Crippen LogP contribution >= 0.6 is 0 Å². The van der Waals surface area contributed by atoms with Crippen LogP contribution < -0.4 is 10.1 Å². The number of nitrogens with one attached hydrogen (secondary N) is 1. The minimum atomic E-state index is -0.727. The van der Waals surface area contributed by atoms with E-state index in [9.17, 15) is 9.59 Å². The third-order valence-electron chi connectivity index (χ3n) is 5.58. The van der Waals surface area contributed by atoms with Crippen LogP contribution in [0.1, 0.15) is 51.2 Å². The molecule has 0 fully saturated rings. The molecular weight excluding hydrogens is 430 g/mol. The highest BCUT2D eigenvalue weighted by Gasteiger charge is 2.18. The lowest BCUT2D eigenvalue weighted by atomic mass is 9.93. The molecule has 0 bridgehead atoms. The van der Waals surface area contributed by atoms with Crippen molar-refractivity contribution < 1.29 is 23.8 Å². The van der Waals surface area contributed by atoms with Gasteiger partial charge in [-0.05, 0) is 64.9 Å². The molecule has 0 saturated heterocycles. The van der Waals surface area contributed by atoms with E-state index in [0.717, 1.165) is 34.0 Å². The smallest absolute Gasteiger partial charge is 0.460 e. The van der Waals surface area contributed by atoms with Crippen LogP contribution in [0.4, 0.5) is 10.5 Å². The van der Waals surface area contributed by atoms with Crippen LogP contribution in [0.25, 0.3) is 10.8 Å². The number of rotatable bonds is 8. The first kappa shape index (κ1) is 25.1. The summed E-state index contributed by atoms with van der Waals surface area (Å²) in [4.78, 5) is 24.4. The van der Waals surface area contributed by atoms with Crippen molar-refractivity contribution in [3.63, 3.8) is 0 Å². The minimum absolute atomic E-state index is 0.0849. The summed E-state index contributed by atoms with van der Waals surface area (Å²) < 4.78 is 15.8. The summed E-state index contributed by atoms with van der Waals surface area (Å²) in [6.07, 6.45) is 0.0243. The Balaban J connectivity index is 1.50. The van der Waals surface area contributed by atoms with Crippen molar-refractivity contribution in [3.8, 4) is 5.75 Å². The van der Waals surface area contributed by atoms with Crippen molar-refractivity contribution in [1.29, 1.82) is 0 Å². The van der Waals surface area contributed by atoms with Crippen molar-refractivity contribution in [3.05, 3.63) is 71.8 Å². The Morgan fingerprint density at radius 2 is 1.59 bits per heavy atom. The largest absolute Gasteiger partial charge is 0.513 e. The van der Waals surface area contributed by atoms with Crippen LogP contribution in [0.15, 0.2) is 60.7 Å². The zero-order valence-electron chi connectivity index (χ0n) is 20.5. The predicted octanol–water partition coefficient (Wildman–Crippen LogP) is 6.68. The molecule has 0 aromatic heterocycles. The lowest BCUT2D eigenvalue weighted by Crippen LogP contribution is -2.15. The summed E-state index contributed by atoms with van der Waals surface area (Å²) in [5, 5.41) is 5.31. The second kappa shape index (κ2) is 11.1. The van der Waals surface area contributed by atoms with Crippen LogP contribution in [-0.4, -0.2) is 25.8 Å². The summed E-state index contributed by atoms with van der Waals surface area (Å²) in [6, 6.07) is 18.9. The van der Waals surface area contributed by atoms with Gasteiger partial charge in [-0.3, -0.25) is 4.79 Å². The molecule has 1 unspecified atom stereocenters. The van der Waals surface area contributed by atoms with Crippen molar-refractivity contribution in [1.82, 2.24) is 0 Å². The van der Waals surface area contributed by atoms with Gasteiger partial charge in [0.05, 0.1) is 12.5 Å². The van der Waals surface area contributed by atoms with Gasteiger partial charge in [0.15, 0.2) is 0 Å². The van der Waals surface area contributed by atoms with Gasteiger partial charge in [-0.2, -0.15) is 0 Å². The van der Waals surface area contributed by atoms with E-state index in [1.807, 2.05) is 44.3 Å². The first-order valence-electron chi connectivity index (χ1n) is 11.5. The van der Waals surface area contributed by atoms with Crippen LogP contribution in [0.5, 0.6) is 5.75 Å². The third-order valence-corrected chi connectivity index (χ3v) is 5.58. The Kier molecular flexibility index (Phi) is 8.16. The van der Waals surface area contributed by atoms with Crippen LogP contribution in [0.2, 0.25) is 0 Å². The third kappa shape index (κ3) is 7.24. The van der Waals surface area contributed by atoms with Gasteiger partial charge in [0, 0.05) is 12.7 Å². The van der Waals surface area contributed by atoms with E-state index in [4.69, 9.17) is 14.2 Å². The first-order chi connectivity index (χ1) is 16.1. The summed E-state index contributed by atoms with van der Waals surface area (Å²) in [6.45, 7) is 8.52. The maximum Gasteiger partial charge on any atom is 0.513 e. The van der Waals surface area contributed by atoms with Crippen molar-refractivity contribution >= 4 is 28.6 Å². The Morgan fingerprint density at radius 1 is 0.912 bits per heavy atom. The van der Waals surface area contributed by atoms with Gasteiger partial charge >= 0.3 is 12.1 Å². The number of carbonyl (C=O) groups excluding carboxylic acids is 2. The fourth-order valence-electron chi connectivity index (χ4n) is 3.32. The van der Waals surface area contributed by atoms with Gasteiger partial charge in [-0.1, -0.05) is 57.2 Å². The molecule has 0 aliphatic rings. The van der Waals surface area contributed by atoms with Gasteiger partial charge < -0.3 is 19.5 Å². The van der Waals surface area contributed by atoms with Crippen LogP contribution in [-0.2, 0) is 20.9 Å². The molecule has 3 rings (SSSR count). The van der Waals surface area contributed by atoms with Crippen LogP contribution in [0, 0.1) is 5.41 Å². The SMILES string of the molecule is CNc1ccc2cc(C(C)C(=O)OCc3ccc(OC(=O)OCCC(C)(C)C)cc3)ccc2c1. The molecule has 1 atom stereocenters. The molecule has 3 aromatic carbocycles. The molecule has 3 aromatic rings. The highest BCUT2D eigenvalue weighted by molar-refractivity contribution is 5.88.